The molecule has 0 N–H and O–H groups in total. The molecule has 0 radical (unpaired) electrons. The third kappa shape index (κ3) is 4.18. The van der Waals surface area contributed by atoms with Gasteiger partial charge >= 0.3 is 0 Å². The van der Waals surface area contributed by atoms with Gasteiger partial charge in [-0.3, -0.25) is 4.79 Å². The number of benzene rings is 1. The Hall–Kier alpha value is -2.43. The summed E-state index contributed by atoms with van der Waals surface area (Å²) in [5, 5.41) is 0. The number of fused-ring (bicyclic) bond motifs is 1. The fourth-order valence-corrected chi connectivity index (χ4v) is 4.48. The molecule has 4 rings (SSSR count). The maximum absolute atomic E-state index is 12.7. The van der Waals surface area contributed by atoms with Crippen LogP contribution in [0.5, 0.6) is 5.88 Å². The number of nitrogens with zero attached hydrogens (tertiary/aromatic N) is 3. The number of carbonyl (C=O) groups is 1. The van der Waals surface area contributed by atoms with Gasteiger partial charge in [0.05, 0.1) is 5.69 Å². The van der Waals surface area contributed by atoms with Crippen molar-refractivity contribution in [2.45, 2.75) is 46.0 Å². The summed E-state index contributed by atoms with van der Waals surface area (Å²) in [6.07, 6.45) is 5.31. The van der Waals surface area contributed by atoms with Crippen molar-refractivity contribution in [3.05, 3.63) is 41.6 Å². The number of hydrogen-bond donors (Lipinski definition) is 0. The predicted octanol–water partition coefficient (Wildman–Crippen LogP) is 3.91. The highest BCUT2D eigenvalue weighted by molar-refractivity contribution is 5.78. The summed E-state index contributed by atoms with van der Waals surface area (Å²) in [6, 6.07) is 9.98. The van der Waals surface area contributed by atoms with Gasteiger partial charge in [-0.1, -0.05) is 44.2 Å². The Labute approximate surface area is 167 Å². The van der Waals surface area contributed by atoms with E-state index in [2.05, 4.69) is 13.8 Å². The number of amides is 1. The molecular weight excluding hydrogens is 350 g/mol. The van der Waals surface area contributed by atoms with Crippen LogP contribution in [0.25, 0.3) is 11.4 Å². The zero-order valence-electron chi connectivity index (χ0n) is 16.9. The molecule has 2 aliphatic rings. The van der Waals surface area contributed by atoms with Crippen LogP contribution in [0.3, 0.4) is 0 Å². The quantitative estimate of drug-likeness (QED) is 0.808. The molecule has 148 valence electrons. The molecule has 1 aliphatic heterocycles. The smallest absolute Gasteiger partial charge is 0.260 e. The second-order valence-electron chi connectivity index (χ2n) is 8.38. The first kappa shape index (κ1) is 18.9. The monoisotopic (exact) mass is 379 g/mol. The highest BCUT2D eigenvalue weighted by Gasteiger charge is 2.26. The second kappa shape index (κ2) is 8.29. The van der Waals surface area contributed by atoms with E-state index in [1.54, 1.807) is 0 Å². The van der Waals surface area contributed by atoms with Crippen molar-refractivity contribution in [3.63, 3.8) is 0 Å². The van der Waals surface area contributed by atoms with E-state index in [9.17, 15) is 4.79 Å². The fraction of sp³-hybridized carbons (Fsp3) is 0.522. The summed E-state index contributed by atoms with van der Waals surface area (Å²) in [5.74, 6) is 2.43. The normalized spacial score (nSPS) is 21.9. The maximum atomic E-state index is 12.7. The van der Waals surface area contributed by atoms with Crippen LogP contribution < -0.4 is 4.74 Å². The molecule has 0 bridgehead atoms. The van der Waals surface area contributed by atoms with Gasteiger partial charge in [0.15, 0.2) is 12.4 Å². The lowest BCUT2D eigenvalue weighted by molar-refractivity contribution is -0.136. The maximum Gasteiger partial charge on any atom is 0.260 e. The van der Waals surface area contributed by atoms with Crippen molar-refractivity contribution >= 4 is 5.91 Å². The van der Waals surface area contributed by atoms with Gasteiger partial charge in [-0.2, -0.15) is 4.98 Å². The zero-order chi connectivity index (χ0) is 19.5. The molecule has 0 spiro atoms. The fourth-order valence-electron chi connectivity index (χ4n) is 4.48. The Morgan fingerprint density at radius 2 is 1.79 bits per heavy atom. The summed E-state index contributed by atoms with van der Waals surface area (Å²) in [6.45, 7) is 6.12. The van der Waals surface area contributed by atoms with Crippen LogP contribution in [0.4, 0.5) is 0 Å². The molecule has 1 amide bonds. The Balaban J connectivity index is 1.54. The number of rotatable bonds is 4. The van der Waals surface area contributed by atoms with Gasteiger partial charge in [0.2, 0.25) is 5.88 Å². The van der Waals surface area contributed by atoms with Crippen LogP contribution in [0.15, 0.2) is 30.3 Å². The van der Waals surface area contributed by atoms with Gasteiger partial charge in [0.1, 0.15) is 0 Å². The minimum Gasteiger partial charge on any atom is -0.467 e. The SMILES string of the molecule is CC1CC(C)CN(C(=O)COc2nc(-c3ccccc3)nc3c2CCCC3)C1. The minimum absolute atomic E-state index is 0.0527. The summed E-state index contributed by atoms with van der Waals surface area (Å²) >= 11 is 0. The van der Waals surface area contributed by atoms with Crippen molar-refractivity contribution in [1.29, 1.82) is 0 Å². The number of carbonyl (C=O) groups excluding carboxylic acids is 1. The van der Waals surface area contributed by atoms with Crippen LogP contribution >= 0.6 is 0 Å². The highest BCUT2D eigenvalue weighted by Crippen LogP contribution is 2.30. The second-order valence-corrected chi connectivity index (χ2v) is 8.38. The van der Waals surface area contributed by atoms with E-state index in [-0.39, 0.29) is 12.5 Å². The van der Waals surface area contributed by atoms with E-state index >= 15 is 0 Å². The van der Waals surface area contributed by atoms with Crippen molar-refractivity contribution in [2.75, 3.05) is 19.7 Å². The Bertz CT molecular complexity index is 827. The molecule has 28 heavy (non-hydrogen) atoms. The number of aryl methyl sites for hydroxylation is 1. The molecule has 2 unspecified atom stereocenters. The molecular formula is C23H29N3O2. The van der Waals surface area contributed by atoms with E-state index < -0.39 is 0 Å². The third-order valence-corrected chi connectivity index (χ3v) is 5.73. The molecule has 1 aromatic heterocycles. The number of hydrogen-bond acceptors (Lipinski definition) is 4. The van der Waals surface area contributed by atoms with Gasteiger partial charge in [-0.25, -0.2) is 4.98 Å². The third-order valence-electron chi connectivity index (χ3n) is 5.73. The van der Waals surface area contributed by atoms with Gasteiger partial charge in [0.25, 0.3) is 5.91 Å². The van der Waals surface area contributed by atoms with E-state index in [1.165, 1.54) is 6.42 Å². The van der Waals surface area contributed by atoms with Crippen molar-refractivity contribution in [3.8, 4) is 17.3 Å². The summed E-state index contributed by atoms with van der Waals surface area (Å²) < 4.78 is 6.01. The van der Waals surface area contributed by atoms with E-state index in [0.717, 1.165) is 55.6 Å². The lowest BCUT2D eigenvalue weighted by atomic mass is 9.92. The first-order chi connectivity index (χ1) is 13.6. The number of aromatic nitrogens is 2. The molecule has 1 aromatic carbocycles. The average molecular weight is 380 g/mol. The van der Waals surface area contributed by atoms with Gasteiger partial charge in [0, 0.05) is 24.2 Å². The van der Waals surface area contributed by atoms with Crippen LogP contribution in [0, 0.1) is 11.8 Å². The van der Waals surface area contributed by atoms with Crippen LogP contribution in [0.1, 0.15) is 44.4 Å². The molecule has 2 heterocycles. The van der Waals surface area contributed by atoms with Crippen LogP contribution in [-0.2, 0) is 17.6 Å². The molecule has 0 saturated carbocycles. The lowest BCUT2D eigenvalue weighted by Crippen LogP contribution is -2.44. The average Bonchev–Trinajstić information content (AvgIpc) is 2.71. The Morgan fingerprint density at radius 3 is 2.54 bits per heavy atom. The lowest BCUT2D eigenvalue weighted by Gasteiger charge is -2.35. The topological polar surface area (TPSA) is 55.3 Å². The Morgan fingerprint density at radius 1 is 1.07 bits per heavy atom. The molecule has 1 aliphatic carbocycles. The largest absolute Gasteiger partial charge is 0.467 e. The number of likely N-dealkylation sites (tertiary alicyclic amines) is 1. The van der Waals surface area contributed by atoms with E-state index in [0.29, 0.717) is 23.5 Å². The van der Waals surface area contributed by atoms with Gasteiger partial charge < -0.3 is 9.64 Å². The summed E-state index contributed by atoms with van der Waals surface area (Å²) in [4.78, 5) is 24.2. The first-order valence-electron chi connectivity index (χ1n) is 10.5. The van der Waals surface area contributed by atoms with Crippen molar-refractivity contribution in [1.82, 2.24) is 14.9 Å². The summed E-state index contributed by atoms with van der Waals surface area (Å²) in [7, 11) is 0. The minimum atomic E-state index is 0.0527. The van der Waals surface area contributed by atoms with Gasteiger partial charge in [-0.15, -0.1) is 0 Å². The standard InChI is InChI=1S/C23H29N3O2/c1-16-12-17(2)14-26(13-16)21(27)15-28-23-19-10-6-7-11-20(19)24-22(25-23)18-8-4-3-5-9-18/h3-5,8-9,16-17H,6-7,10-15H2,1-2H3. The number of ether oxygens (including phenoxy) is 1. The molecule has 2 atom stereocenters. The predicted molar refractivity (Wildman–Crippen MR) is 109 cm³/mol. The van der Waals surface area contributed by atoms with Gasteiger partial charge in [-0.05, 0) is 43.9 Å². The number of piperidine rings is 1. The van der Waals surface area contributed by atoms with E-state index in [1.807, 2.05) is 35.2 Å². The first-order valence-corrected chi connectivity index (χ1v) is 10.5. The van der Waals surface area contributed by atoms with E-state index in [4.69, 9.17) is 14.7 Å². The van der Waals surface area contributed by atoms with Crippen molar-refractivity contribution < 1.29 is 9.53 Å². The molecule has 5 nitrogen and oxygen atoms in total. The Kier molecular flexibility index (Phi) is 5.60. The molecule has 5 heteroatoms. The molecule has 1 fully saturated rings. The molecule has 2 aromatic rings. The van der Waals surface area contributed by atoms with Crippen LogP contribution in [0.2, 0.25) is 0 Å². The van der Waals surface area contributed by atoms with Crippen LogP contribution in [-0.4, -0.2) is 40.5 Å². The highest BCUT2D eigenvalue weighted by atomic mass is 16.5. The van der Waals surface area contributed by atoms with Crippen molar-refractivity contribution in [2.24, 2.45) is 11.8 Å². The summed E-state index contributed by atoms with van der Waals surface area (Å²) in [5.41, 5.74) is 3.13. The molecule has 1 saturated heterocycles. The zero-order valence-corrected chi connectivity index (χ0v) is 16.9.